The molecule has 6 nitrogen and oxygen atoms in total. The number of carbonyl (C=O) groups excluding carboxylic acids is 2. The van der Waals surface area contributed by atoms with Crippen molar-refractivity contribution in [3.05, 3.63) is 117 Å². The lowest BCUT2D eigenvalue weighted by atomic mass is 9.81. The van der Waals surface area contributed by atoms with Crippen molar-refractivity contribution >= 4 is 46.6 Å². The second kappa shape index (κ2) is 12.5. The summed E-state index contributed by atoms with van der Waals surface area (Å²) in [5, 5.41) is 17.4. The zero-order valence-electron chi connectivity index (χ0n) is 21.0. The number of amides is 1. The first-order valence-electron chi connectivity index (χ1n) is 12.0. The summed E-state index contributed by atoms with van der Waals surface area (Å²) in [7, 11) is 0. The van der Waals surface area contributed by atoms with Crippen LogP contribution in [0.1, 0.15) is 29.5 Å². The van der Waals surface area contributed by atoms with Crippen molar-refractivity contribution in [3.8, 4) is 6.07 Å². The predicted octanol–water partition coefficient (Wildman–Crippen LogP) is 6.42. The molecule has 3 aromatic rings. The van der Waals surface area contributed by atoms with E-state index in [1.165, 1.54) is 11.8 Å². The molecule has 4 rings (SSSR count). The van der Waals surface area contributed by atoms with Crippen molar-refractivity contribution in [2.75, 3.05) is 17.7 Å². The van der Waals surface area contributed by atoms with Crippen LogP contribution in [0.2, 0.25) is 5.02 Å². The van der Waals surface area contributed by atoms with E-state index in [2.05, 4.69) is 16.7 Å². The zero-order valence-corrected chi connectivity index (χ0v) is 22.5. The second-order valence-electron chi connectivity index (χ2n) is 8.51. The third kappa shape index (κ3) is 6.10. The summed E-state index contributed by atoms with van der Waals surface area (Å²) >= 11 is 7.79. The van der Waals surface area contributed by atoms with Gasteiger partial charge in [0.2, 0.25) is 5.91 Å². The lowest BCUT2D eigenvalue weighted by Gasteiger charge is -2.31. The number of esters is 1. The van der Waals surface area contributed by atoms with Crippen LogP contribution in [0.4, 0.5) is 5.69 Å². The molecule has 3 aromatic carbocycles. The van der Waals surface area contributed by atoms with Crippen LogP contribution in [-0.2, 0) is 14.3 Å². The first-order chi connectivity index (χ1) is 18.4. The Labute approximate surface area is 231 Å². The van der Waals surface area contributed by atoms with Crippen LogP contribution in [0.25, 0.3) is 5.70 Å². The highest BCUT2D eigenvalue weighted by Gasteiger charge is 2.38. The highest BCUT2D eigenvalue weighted by Crippen LogP contribution is 2.45. The number of hydrogen-bond donors (Lipinski definition) is 2. The number of carbonyl (C=O) groups is 2. The summed E-state index contributed by atoms with van der Waals surface area (Å²) in [4.78, 5) is 26.1. The van der Waals surface area contributed by atoms with E-state index in [1.54, 1.807) is 25.1 Å². The maximum absolute atomic E-state index is 13.4. The van der Waals surface area contributed by atoms with Gasteiger partial charge < -0.3 is 15.4 Å². The molecule has 1 heterocycles. The van der Waals surface area contributed by atoms with Crippen LogP contribution < -0.4 is 10.6 Å². The largest absolute Gasteiger partial charge is 0.463 e. The number of nitrogens with zero attached hydrogens (tertiary/aromatic N) is 1. The molecular weight excluding hydrogens is 518 g/mol. The van der Waals surface area contributed by atoms with Gasteiger partial charge in [-0.1, -0.05) is 89.6 Å². The average molecular weight is 544 g/mol. The Morgan fingerprint density at radius 1 is 1.05 bits per heavy atom. The van der Waals surface area contributed by atoms with E-state index in [4.69, 9.17) is 16.3 Å². The van der Waals surface area contributed by atoms with Gasteiger partial charge in [0.25, 0.3) is 0 Å². The maximum atomic E-state index is 13.4. The molecule has 0 bridgehead atoms. The Kier molecular flexibility index (Phi) is 8.90. The number of hydrogen-bond acceptors (Lipinski definition) is 6. The highest BCUT2D eigenvalue weighted by atomic mass is 35.5. The SMILES string of the molecule is CCOC(=O)C1=C(c2ccccc2)NC(SCC(=O)Nc2ccc(C)cc2)=C(C#N)[C@H]1c1ccccc1Cl. The Bertz CT molecular complexity index is 1440. The molecule has 1 amide bonds. The topological polar surface area (TPSA) is 91.2 Å². The van der Waals surface area contributed by atoms with Crippen molar-refractivity contribution in [1.82, 2.24) is 5.32 Å². The van der Waals surface area contributed by atoms with Gasteiger partial charge in [-0.2, -0.15) is 5.26 Å². The van der Waals surface area contributed by atoms with Gasteiger partial charge in [-0.25, -0.2) is 4.79 Å². The molecule has 0 aromatic heterocycles. The number of anilines is 1. The predicted molar refractivity (Wildman–Crippen MR) is 152 cm³/mol. The smallest absolute Gasteiger partial charge is 0.337 e. The number of allylic oxidation sites excluding steroid dienone is 1. The normalized spacial score (nSPS) is 14.9. The van der Waals surface area contributed by atoms with E-state index < -0.39 is 11.9 Å². The number of benzene rings is 3. The number of nitrogens with one attached hydrogen (secondary N) is 2. The fraction of sp³-hybridized carbons (Fsp3) is 0.167. The molecule has 192 valence electrons. The van der Waals surface area contributed by atoms with Gasteiger partial charge in [0.05, 0.1) is 46.2 Å². The third-order valence-electron chi connectivity index (χ3n) is 5.91. The molecule has 0 fully saturated rings. The molecule has 8 heteroatoms. The van der Waals surface area contributed by atoms with Crippen LogP contribution in [0.3, 0.4) is 0 Å². The monoisotopic (exact) mass is 543 g/mol. The summed E-state index contributed by atoms with van der Waals surface area (Å²) < 4.78 is 5.44. The van der Waals surface area contributed by atoms with E-state index in [1.807, 2.05) is 67.6 Å². The molecule has 0 radical (unpaired) electrons. The van der Waals surface area contributed by atoms with Crippen molar-refractivity contribution in [2.45, 2.75) is 19.8 Å². The zero-order chi connectivity index (χ0) is 27.1. The van der Waals surface area contributed by atoms with Gasteiger partial charge in [-0.05, 0) is 43.2 Å². The molecule has 0 aliphatic carbocycles. The fourth-order valence-electron chi connectivity index (χ4n) is 4.15. The lowest BCUT2D eigenvalue weighted by Crippen LogP contribution is -2.30. The highest BCUT2D eigenvalue weighted by molar-refractivity contribution is 8.03. The summed E-state index contributed by atoms with van der Waals surface area (Å²) in [5.41, 5.74) is 4.21. The Hall–Kier alpha value is -3.99. The summed E-state index contributed by atoms with van der Waals surface area (Å²) in [6, 6.07) is 26.3. The van der Waals surface area contributed by atoms with Crippen LogP contribution in [0, 0.1) is 18.3 Å². The van der Waals surface area contributed by atoms with Gasteiger partial charge in [0.1, 0.15) is 0 Å². The van der Waals surface area contributed by atoms with E-state index in [-0.39, 0.29) is 29.4 Å². The van der Waals surface area contributed by atoms with Crippen LogP contribution >= 0.6 is 23.4 Å². The van der Waals surface area contributed by atoms with Gasteiger partial charge in [-0.3, -0.25) is 4.79 Å². The molecule has 0 saturated carbocycles. The number of halogens is 1. The van der Waals surface area contributed by atoms with E-state index in [0.717, 1.165) is 11.1 Å². The van der Waals surface area contributed by atoms with Crippen LogP contribution in [-0.4, -0.2) is 24.2 Å². The number of rotatable bonds is 8. The molecule has 1 aliphatic rings. The third-order valence-corrected chi connectivity index (χ3v) is 7.27. The summed E-state index contributed by atoms with van der Waals surface area (Å²) in [6.07, 6.45) is 0. The Morgan fingerprint density at radius 3 is 2.39 bits per heavy atom. The van der Waals surface area contributed by atoms with Gasteiger partial charge >= 0.3 is 5.97 Å². The summed E-state index contributed by atoms with van der Waals surface area (Å²) in [5.74, 6) is -1.50. The minimum atomic E-state index is -0.785. The fourth-order valence-corrected chi connectivity index (χ4v) is 5.24. The van der Waals surface area contributed by atoms with Crippen molar-refractivity contribution in [1.29, 1.82) is 5.26 Å². The average Bonchev–Trinajstić information content (AvgIpc) is 2.93. The number of dihydropyridines is 1. The van der Waals surface area contributed by atoms with E-state index in [9.17, 15) is 14.9 Å². The maximum Gasteiger partial charge on any atom is 0.337 e. The number of aryl methyl sites for hydroxylation is 1. The minimum absolute atomic E-state index is 0.0490. The molecule has 0 spiro atoms. The van der Waals surface area contributed by atoms with Crippen LogP contribution in [0.15, 0.2) is 95.0 Å². The lowest BCUT2D eigenvalue weighted by molar-refractivity contribution is -0.138. The number of thioether (sulfide) groups is 1. The van der Waals surface area contributed by atoms with Crippen molar-refractivity contribution in [2.24, 2.45) is 0 Å². The van der Waals surface area contributed by atoms with Crippen molar-refractivity contribution in [3.63, 3.8) is 0 Å². The van der Waals surface area contributed by atoms with E-state index >= 15 is 0 Å². The molecule has 0 unspecified atom stereocenters. The molecular formula is C30H26ClN3O3S. The first-order valence-corrected chi connectivity index (χ1v) is 13.4. The number of nitriles is 1. The van der Waals surface area contributed by atoms with Gasteiger partial charge in [-0.15, -0.1) is 0 Å². The van der Waals surface area contributed by atoms with Crippen molar-refractivity contribution < 1.29 is 14.3 Å². The Balaban J connectivity index is 1.76. The quantitative estimate of drug-likeness (QED) is 0.319. The molecule has 2 N–H and O–H groups in total. The second-order valence-corrected chi connectivity index (χ2v) is 9.90. The van der Waals surface area contributed by atoms with Gasteiger partial charge in [0.15, 0.2) is 0 Å². The molecule has 1 aliphatic heterocycles. The summed E-state index contributed by atoms with van der Waals surface area (Å²) in [6.45, 7) is 3.88. The minimum Gasteiger partial charge on any atom is -0.463 e. The number of ether oxygens (including phenoxy) is 1. The molecule has 0 saturated heterocycles. The van der Waals surface area contributed by atoms with Gasteiger partial charge in [0, 0.05) is 10.7 Å². The molecule has 1 atom stereocenters. The van der Waals surface area contributed by atoms with E-state index in [0.29, 0.717) is 27.0 Å². The molecule has 38 heavy (non-hydrogen) atoms. The van der Waals surface area contributed by atoms with Crippen LogP contribution in [0.5, 0.6) is 0 Å². The first kappa shape index (κ1) is 27.1. The Morgan fingerprint density at radius 2 is 1.74 bits per heavy atom. The standard InChI is InChI=1S/C30H26ClN3O3S/c1-3-37-30(36)27-26(22-11-7-8-12-24(22)31)23(17-32)29(34-28(27)20-9-5-4-6-10-20)38-18-25(35)33-21-15-13-19(2)14-16-21/h4-16,26,34H,3,18H2,1-2H3,(H,33,35)/t26-/m1/s1.